The Kier molecular flexibility index (Phi) is 5.08. The Bertz CT molecular complexity index is 591. The van der Waals surface area contributed by atoms with Crippen molar-refractivity contribution in [2.45, 2.75) is 19.8 Å². The van der Waals surface area contributed by atoms with Crippen LogP contribution in [0, 0.1) is 11.7 Å². The molecule has 118 valence electrons. The molecule has 1 heterocycles. The van der Waals surface area contributed by atoms with Crippen molar-refractivity contribution in [3.63, 3.8) is 0 Å². The zero-order valence-corrected chi connectivity index (χ0v) is 12.3. The molecule has 1 aliphatic heterocycles. The van der Waals surface area contributed by atoms with E-state index in [1.54, 1.807) is 4.90 Å². The smallest absolute Gasteiger partial charge is 0.272 e. The second kappa shape index (κ2) is 7.02. The maximum atomic E-state index is 13.4. The van der Waals surface area contributed by atoms with Crippen molar-refractivity contribution >= 4 is 17.7 Å². The summed E-state index contributed by atoms with van der Waals surface area (Å²) in [5, 5.41) is 0. The van der Waals surface area contributed by atoms with Crippen LogP contribution in [0.25, 0.3) is 0 Å². The summed E-state index contributed by atoms with van der Waals surface area (Å²) < 4.78 is 13.4. The minimum absolute atomic E-state index is 0.0760. The number of likely N-dealkylation sites (tertiary alicyclic amines) is 1. The van der Waals surface area contributed by atoms with Gasteiger partial charge in [0.25, 0.3) is 5.91 Å². The van der Waals surface area contributed by atoms with Gasteiger partial charge in [-0.25, -0.2) is 4.39 Å². The fourth-order valence-corrected chi connectivity index (χ4v) is 2.41. The summed E-state index contributed by atoms with van der Waals surface area (Å²) in [6.07, 6.45) is 1.38. The minimum Gasteiger partial charge on any atom is -0.342 e. The molecule has 0 aromatic heterocycles. The Hall–Kier alpha value is -2.44. The number of rotatable bonds is 2. The third-order valence-corrected chi connectivity index (χ3v) is 3.66. The lowest BCUT2D eigenvalue weighted by atomic mass is 9.97. The van der Waals surface area contributed by atoms with E-state index < -0.39 is 11.7 Å². The zero-order chi connectivity index (χ0) is 16.1. The Morgan fingerprint density at radius 1 is 1.23 bits per heavy atom. The molecule has 0 radical (unpaired) electrons. The standard InChI is InChI=1S/C15H18FN3O3/c1-10(20)19-8-4-5-11(9-19)14(21)17-18-15(22)12-6-2-3-7-13(12)16/h2-3,6-7,11H,4-5,8-9H2,1H3,(H,17,21)(H,18,22)/t11-/m0/s1. The fourth-order valence-electron chi connectivity index (χ4n) is 2.41. The van der Waals surface area contributed by atoms with Gasteiger partial charge in [0.15, 0.2) is 0 Å². The molecule has 7 heteroatoms. The highest BCUT2D eigenvalue weighted by Crippen LogP contribution is 2.16. The topological polar surface area (TPSA) is 78.5 Å². The number of piperidine rings is 1. The average molecular weight is 307 g/mol. The van der Waals surface area contributed by atoms with Gasteiger partial charge in [0.1, 0.15) is 5.82 Å². The molecule has 0 bridgehead atoms. The summed E-state index contributed by atoms with van der Waals surface area (Å²) in [4.78, 5) is 36.8. The van der Waals surface area contributed by atoms with Crippen molar-refractivity contribution in [1.82, 2.24) is 15.8 Å². The van der Waals surface area contributed by atoms with Crippen molar-refractivity contribution in [2.24, 2.45) is 5.92 Å². The van der Waals surface area contributed by atoms with Crippen LogP contribution >= 0.6 is 0 Å². The van der Waals surface area contributed by atoms with Crippen LogP contribution < -0.4 is 10.9 Å². The lowest BCUT2D eigenvalue weighted by Gasteiger charge is -2.31. The van der Waals surface area contributed by atoms with Gasteiger partial charge >= 0.3 is 0 Å². The maximum absolute atomic E-state index is 13.4. The van der Waals surface area contributed by atoms with E-state index in [1.165, 1.54) is 31.2 Å². The normalized spacial score (nSPS) is 17.7. The number of nitrogens with zero attached hydrogens (tertiary/aromatic N) is 1. The summed E-state index contributed by atoms with van der Waals surface area (Å²) >= 11 is 0. The van der Waals surface area contributed by atoms with Crippen LogP contribution in [-0.4, -0.2) is 35.7 Å². The third-order valence-electron chi connectivity index (χ3n) is 3.66. The number of hydrazine groups is 1. The quantitative estimate of drug-likeness (QED) is 0.795. The van der Waals surface area contributed by atoms with Crippen molar-refractivity contribution in [1.29, 1.82) is 0 Å². The highest BCUT2D eigenvalue weighted by atomic mass is 19.1. The molecular weight excluding hydrogens is 289 g/mol. The fraction of sp³-hybridized carbons (Fsp3) is 0.400. The van der Waals surface area contributed by atoms with E-state index in [1.807, 2.05) is 0 Å². The molecule has 1 aromatic carbocycles. The molecule has 1 saturated heterocycles. The first-order valence-electron chi connectivity index (χ1n) is 7.09. The van der Waals surface area contributed by atoms with Crippen LogP contribution in [0.2, 0.25) is 0 Å². The number of hydrogen-bond acceptors (Lipinski definition) is 3. The number of hydrogen-bond donors (Lipinski definition) is 2. The molecule has 6 nitrogen and oxygen atoms in total. The van der Waals surface area contributed by atoms with E-state index in [0.29, 0.717) is 19.5 Å². The molecule has 3 amide bonds. The monoisotopic (exact) mass is 307 g/mol. The van der Waals surface area contributed by atoms with Crippen molar-refractivity contribution in [2.75, 3.05) is 13.1 Å². The van der Waals surface area contributed by atoms with Crippen LogP contribution in [0.4, 0.5) is 4.39 Å². The molecule has 2 N–H and O–H groups in total. The maximum Gasteiger partial charge on any atom is 0.272 e. The van der Waals surface area contributed by atoms with E-state index in [4.69, 9.17) is 0 Å². The number of halogens is 1. The Labute approximate surface area is 127 Å². The lowest BCUT2D eigenvalue weighted by molar-refractivity contribution is -0.134. The van der Waals surface area contributed by atoms with Gasteiger partial charge in [-0.15, -0.1) is 0 Å². The van der Waals surface area contributed by atoms with E-state index >= 15 is 0 Å². The Morgan fingerprint density at radius 2 is 1.95 bits per heavy atom. The van der Waals surface area contributed by atoms with Gasteiger partial charge in [-0.05, 0) is 25.0 Å². The van der Waals surface area contributed by atoms with E-state index in [2.05, 4.69) is 10.9 Å². The molecule has 22 heavy (non-hydrogen) atoms. The second-order valence-corrected chi connectivity index (χ2v) is 5.23. The van der Waals surface area contributed by atoms with Crippen LogP contribution in [0.1, 0.15) is 30.1 Å². The first kappa shape index (κ1) is 15.9. The van der Waals surface area contributed by atoms with Gasteiger partial charge in [-0.3, -0.25) is 25.2 Å². The minimum atomic E-state index is -0.717. The van der Waals surface area contributed by atoms with Gasteiger partial charge in [0, 0.05) is 20.0 Å². The molecular formula is C15H18FN3O3. The predicted octanol–water partition coefficient (Wildman–Crippen LogP) is 0.845. The van der Waals surface area contributed by atoms with E-state index in [-0.39, 0.29) is 23.3 Å². The first-order valence-corrected chi connectivity index (χ1v) is 7.09. The van der Waals surface area contributed by atoms with Crippen LogP contribution in [0.15, 0.2) is 24.3 Å². The van der Waals surface area contributed by atoms with Gasteiger partial charge in [0.2, 0.25) is 11.8 Å². The molecule has 0 aliphatic carbocycles. The molecule has 2 rings (SSSR count). The summed E-state index contributed by atoms with van der Waals surface area (Å²) in [7, 11) is 0. The largest absolute Gasteiger partial charge is 0.342 e. The summed E-state index contributed by atoms with van der Waals surface area (Å²) in [5.41, 5.74) is 4.35. The molecule has 0 unspecified atom stereocenters. The van der Waals surface area contributed by atoms with Gasteiger partial charge in [-0.1, -0.05) is 12.1 Å². The average Bonchev–Trinajstić information content (AvgIpc) is 2.52. The number of carbonyl (C=O) groups is 3. The van der Waals surface area contributed by atoms with Gasteiger partial charge in [-0.2, -0.15) is 0 Å². The number of amides is 3. The summed E-state index contributed by atoms with van der Waals surface area (Å²) in [6, 6.07) is 5.51. The van der Waals surface area contributed by atoms with E-state index in [0.717, 1.165) is 6.42 Å². The molecule has 1 fully saturated rings. The zero-order valence-electron chi connectivity index (χ0n) is 12.3. The van der Waals surface area contributed by atoms with Crippen LogP contribution in [-0.2, 0) is 9.59 Å². The third kappa shape index (κ3) is 3.81. The molecule has 1 aromatic rings. The second-order valence-electron chi connectivity index (χ2n) is 5.23. The number of nitrogens with one attached hydrogen (secondary N) is 2. The van der Waals surface area contributed by atoms with Crippen molar-refractivity contribution in [3.05, 3.63) is 35.6 Å². The Morgan fingerprint density at radius 3 is 2.64 bits per heavy atom. The SMILES string of the molecule is CC(=O)N1CCC[C@H](C(=O)NNC(=O)c2ccccc2F)C1. The van der Waals surface area contributed by atoms with Gasteiger partial charge in [0.05, 0.1) is 11.5 Å². The number of benzene rings is 1. The highest BCUT2D eigenvalue weighted by Gasteiger charge is 2.27. The molecule has 1 atom stereocenters. The van der Waals surface area contributed by atoms with E-state index in [9.17, 15) is 18.8 Å². The Balaban J connectivity index is 1.89. The molecule has 1 aliphatic rings. The van der Waals surface area contributed by atoms with Gasteiger partial charge < -0.3 is 4.90 Å². The van der Waals surface area contributed by atoms with Crippen molar-refractivity contribution < 1.29 is 18.8 Å². The summed E-state index contributed by atoms with van der Waals surface area (Å²) in [6.45, 7) is 2.43. The molecule has 0 spiro atoms. The lowest BCUT2D eigenvalue weighted by Crippen LogP contribution is -2.49. The van der Waals surface area contributed by atoms with Crippen molar-refractivity contribution in [3.8, 4) is 0 Å². The molecule has 0 saturated carbocycles. The van der Waals surface area contributed by atoms with Crippen LogP contribution in [0.3, 0.4) is 0 Å². The van der Waals surface area contributed by atoms with Crippen LogP contribution in [0.5, 0.6) is 0 Å². The highest BCUT2D eigenvalue weighted by molar-refractivity contribution is 5.95. The number of carbonyl (C=O) groups excluding carboxylic acids is 3. The predicted molar refractivity (Wildman–Crippen MR) is 77.0 cm³/mol. The summed E-state index contributed by atoms with van der Waals surface area (Å²) in [5.74, 6) is -2.21. The first-order chi connectivity index (χ1) is 10.5.